The molecule has 1 heterocycles. The van der Waals surface area contributed by atoms with Gasteiger partial charge in [-0.1, -0.05) is 19.8 Å². The zero-order chi connectivity index (χ0) is 15.6. The monoisotopic (exact) mass is 356 g/mol. The lowest BCUT2D eigenvalue weighted by Gasteiger charge is -2.45. The fourth-order valence-corrected chi connectivity index (χ4v) is 3.75. The van der Waals surface area contributed by atoms with Crippen LogP contribution >= 0.6 is 15.9 Å². The van der Waals surface area contributed by atoms with Crippen molar-refractivity contribution in [2.24, 2.45) is 13.0 Å². The molecular formula is C15H25BrN4O. The SMILES string of the molecule is CC1CCCC(CNc2cnn(C)c(=O)c2Br)(N(C)C)C1. The van der Waals surface area contributed by atoms with Gasteiger partial charge in [0.1, 0.15) is 4.47 Å². The summed E-state index contributed by atoms with van der Waals surface area (Å²) >= 11 is 3.37. The third-order valence-electron chi connectivity index (χ3n) is 4.70. The number of anilines is 1. The molecular weight excluding hydrogens is 332 g/mol. The average Bonchev–Trinajstić information content (AvgIpc) is 2.44. The van der Waals surface area contributed by atoms with Crippen LogP contribution in [0.2, 0.25) is 0 Å². The maximum Gasteiger partial charge on any atom is 0.282 e. The lowest BCUT2D eigenvalue weighted by molar-refractivity contribution is 0.0882. The molecule has 1 saturated carbocycles. The lowest BCUT2D eigenvalue weighted by Crippen LogP contribution is -2.52. The number of hydrogen-bond donors (Lipinski definition) is 1. The van der Waals surface area contributed by atoms with E-state index in [-0.39, 0.29) is 11.1 Å². The molecule has 118 valence electrons. The molecule has 0 spiro atoms. The van der Waals surface area contributed by atoms with Crippen molar-refractivity contribution < 1.29 is 0 Å². The molecule has 21 heavy (non-hydrogen) atoms. The highest BCUT2D eigenvalue weighted by Crippen LogP contribution is 2.36. The third kappa shape index (κ3) is 3.48. The summed E-state index contributed by atoms with van der Waals surface area (Å²) in [5.41, 5.74) is 0.812. The highest BCUT2D eigenvalue weighted by molar-refractivity contribution is 9.10. The van der Waals surface area contributed by atoms with Gasteiger partial charge in [0.25, 0.3) is 5.56 Å². The number of nitrogens with one attached hydrogen (secondary N) is 1. The Morgan fingerprint density at radius 2 is 2.29 bits per heavy atom. The van der Waals surface area contributed by atoms with Crippen molar-refractivity contribution >= 4 is 21.6 Å². The minimum atomic E-state index is -0.115. The van der Waals surface area contributed by atoms with E-state index in [4.69, 9.17) is 0 Å². The Labute approximate surface area is 134 Å². The van der Waals surface area contributed by atoms with E-state index in [1.54, 1.807) is 13.2 Å². The molecule has 2 unspecified atom stereocenters. The van der Waals surface area contributed by atoms with Crippen molar-refractivity contribution in [3.05, 3.63) is 21.0 Å². The van der Waals surface area contributed by atoms with E-state index in [0.717, 1.165) is 18.2 Å². The normalized spacial score (nSPS) is 26.1. The van der Waals surface area contributed by atoms with Gasteiger partial charge < -0.3 is 10.2 Å². The molecule has 6 heteroatoms. The van der Waals surface area contributed by atoms with Crippen LogP contribution in [0.4, 0.5) is 5.69 Å². The number of hydrogen-bond acceptors (Lipinski definition) is 4. The van der Waals surface area contributed by atoms with E-state index < -0.39 is 0 Å². The van der Waals surface area contributed by atoms with E-state index in [9.17, 15) is 4.79 Å². The minimum absolute atomic E-state index is 0.115. The molecule has 0 saturated heterocycles. The number of rotatable bonds is 4. The van der Waals surface area contributed by atoms with Crippen LogP contribution in [0.5, 0.6) is 0 Å². The number of halogens is 1. The second-order valence-electron chi connectivity index (χ2n) is 6.47. The van der Waals surface area contributed by atoms with Crippen LogP contribution in [0.25, 0.3) is 0 Å². The molecule has 2 atom stereocenters. The smallest absolute Gasteiger partial charge is 0.282 e. The Balaban J connectivity index is 2.16. The van der Waals surface area contributed by atoms with Crippen LogP contribution in [0.3, 0.4) is 0 Å². The zero-order valence-electron chi connectivity index (χ0n) is 13.3. The van der Waals surface area contributed by atoms with E-state index in [1.807, 2.05) is 0 Å². The predicted octanol–water partition coefficient (Wildman–Crippen LogP) is 2.47. The molecule has 0 radical (unpaired) electrons. The Bertz CT molecular complexity index is 557. The van der Waals surface area contributed by atoms with Crippen LogP contribution in [0, 0.1) is 5.92 Å². The summed E-state index contributed by atoms with van der Waals surface area (Å²) < 4.78 is 1.89. The Kier molecular flexibility index (Phi) is 5.09. The fourth-order valence-electron chi connectivity index (χ4n) is 3.25. The summed E-state index contributed by atoms with van der Waals surface area (Å²) in [6.07, 6.45) is 6.65. The van der Waals surface area contributed by atoms with Gasteiger partial charge in [-0.05, 0) is 48.8 Å². The van der Waals surface area contributed by atoms with Crippen molar-refractivity contribution in [3.63, 3.8) is 0 Å². The van der Waals surface area contributed by atoms with Gasteiger partial charge in [-0.25, -0.2) is 4.68 Å². The number of aryl methyl sites for hydroxylation is 1. The second kappa shape index (κ2) is 6.48. The molecule has 0 aromatic carbocycles. The van der Waals surface area contributed by atoms with Crippen molar-refractivity contribution in [1.82, 2.24) is 14.7 Å². The highest BCUT2D eigenvalue weighted by atomic mass is 79.9. The molecule has 1 aliphatic rings. The van der Waals surface area contributed by atoms with E-state index >= 15 is 0 Å². The maximum atomic E-state index is 11.9. The van der Waals surface area contributed by atoms with Gasteiger partial charge in [0, 0.05) is 19.1 Å². The minimum Gasteiger partial charge on any atom is -0.381 e. The molecule has 0 amide bonds. The van der Waals surface area contributed by atoms with Gasteiger partial charge in [-0.15, -0.1) is 0 Å². The molecule has 5 nitrogen and oxygen atoms in total. The molecule has 0 bridgehead atoms. The van der Waals surface area contributed by atoms with Gasteiger partial charge in [0.05, 0.1) is 11.9 Å². The largest absolute Gasteiger partial charge is 0.381 e. The van der Waals surface area contributed by atoms with Gasteiger partial charge >= 0.3 is 0 Å². The molecule has 1 fully saturated rings. The first-order valence-corrected chi connectivity index (χ1v) is 8.28. The summed E-state index contributed by atoms with van der Waals surface area (Å²) in [4.78, 5) is 14.2. The first-order chi connectivity index (χ1) is 9.85. The first kappa shape index (κ1) is 16.5. The molecule has 1 aromatic rings. The summed E-state index contributed by atoms with van der Waals surface area (Å²) in [6.45, 7) is 3.16. The molecule has 0 aliphatic heterocycles. The third-order valence-corrected chi connectivity index (χ3v) is 5.47. The fraction of sp³-hybridized carbons (Fsp3) is 0.733. The summed E-state index contributed by atoms with van der Waals surface area (Å²) in [5.74, 6) is 0.744. The average molecular weight is 357 g/mol. The predicted molar refractivity (Wildman–Crippen MR) is 89.7 cm³/mol. The van der Waals surface area contributed by atoms with Crippen molar-refractivity contribution in [2.75, 3.05) is 26.0 Å². The van der Waals surface area contributed by atoms with Crippen molar-refractivity contribution in [2.45, 2.75) is 38.1 Å². The molecule has 1 N–H and O–H groups in total. The molecule has 1 aliphatic carbocycles. The maximum absolute atomic E-state index is 11.9. The molecule has 2 rings (SSSR count). The summed E-state index contributed by atoms with van der Waals surface area (Å²) in [5, 5.41) is 7.51. The van der Waals surface area contributed by atoms with Crippen LogP contribution in [-0.2, 0) is 7.05 Å². The van der Waals surface area contributed by atoms with E-state index in [1.165, 1.54) is 30.4 Å². The van der Waals surface area contributed by atoms with Crippen LogP contribution in [0.15, 0.2) is 15.5 Å². The lowest BCUT2D eigenvalue weighted by atomic mass is 9.75. The second-order valence-corrected chi connectivity index (χ2v) is 7.27. The molecule has 1 aromatic heterocycles. The van der Waals surface area contributed by atoms with Gasteiger partial charge in [-0.2, -0.15) is 5.10 Å². The number of aromatic nitrogens is 2. The number of likely N-dealkylation sites (N-methyl/N-ethyl adjacent to an activating group) is 1. The first-order valence-electron chi connectivity index (χ1n) is 7.49. The van der Waals surface area contributed by atoms with Gasteiger partial charge in [-0.3, -0.25) is 4.79 Å². The van der Waals surface area contributed by atoms with Crippen LogP contribution in [0.1, 0.15) is 32.6 Å². The van der Waals surface area contributed by atoms with Crippen LogP contribution in [-0.4, -0.2) is 40.9 Å². The Hall–Kier alpha value is -0.880. The Morgan fingerprint density at radius 1 is 1.57 bits per heavy atom. The summed E-state index contributed by atoms with van der Waals surface area (Å²) in [6, 6.07) is 0. The topological polar surface area (TPSA) is 50.2 Å². The van der Waals surface area contributed by atoms with E-state index in [2.05, 4.69) is 52.3 Å². The zero-order valence-corrected chi connectivity index (χ0v) is 14.9. The number of nitrogens with zero attached hydrogens (tertiary/aromatic N) is 3. The van der Waals surface area contributed by atoms with Crippen molar-refractivity contribution in [1.29, 1.82) is 0 Å². The standard InChI is InChI=1S/C15H25BrN4O/c1-11-6-5-7-15(8-11,19(2)3)10-17-12-9-18-20(4)14(21)13(12)16/h9,11,17H,5-8,10H2,1-4H3. The Morgan fingerprint density at radius 3 is 2.90 bits per heavy atom. The van der Waals surface area contributed by atoms with Gasteiger partial charge in [0.15, 0.2) is 0 Å². The van der Waals surface area contributed by atoms with Crippen LogP contribution < -0.4 is 10.9 Å². The summed E-state index contributed by atoms with van der Waals surface area (Å²) in [7, 11) is 5.95. The highest BCUT2D eigenvalue weighted by Gasteiger charge is 2.36. The van der Waals surface area contributed by atoms with Crippen molar-refractivity contribution in [3.8, 4) is 0 Å². The van der Waals surface area contributed by atoms with E-state index in [0.29, 0.717) is 4.47 Å². The van der Waals surface area contributed by atoms with Gasteiger partial charge in [0.2, 0.25) is 0 Å². The quantitative estimate of drug-likeness (QED) is 0.900.